The van der Waals surface area contributed by atoms with Gasteiger partial charge in [0.25, 0.3) is 5.91 Å². The monoisotopic (exact) mass is 382 g/mol. The van der Waals surface area contributed by atoms with Gasteiger partial charge in [0.1, 0.15) is 11.6 Å². The van der Waals surface area contributed by atoms with Crippen LogP contribution in [0, 0.1) is 0 Å². The van der Waals surface area contributed by atoms with Crippen molar-refractivity contribution in [2.24, 2.45) is 0 Å². The maximum atomic E-state index is 12.9. The fourth-order valence-electron chi connectivity index (χ4n) is 4.23. The average molecular weight is 382 g/mol. The molecule has 0 radical (unpaired) electrons. The van der Waals surface area contributed by atoms with E-state index in [1.807, 2.05) is 17.7 Å². The number of phenolic OH excluding ortho intramolecular Hbond substituents is 1. The van der Waals surface area contributed by atoms with Crippen molar-refractivity contribution in [1.82, 2.24) is 19.8 Å². The Morgan fingerprint density at radius 3 is 2.79 bits per heavy atom. The Morgan fingerprint density at radius 1 is 1.25 bits per heavy atom. The van der Waals surface area contributed by atoms with Crippen molar-refractivity contribution in [3.05, 3.63) is 47.5 Å². The summed E-state index contributed by atoms with van der Waals surface area (Å²) in [4.78, 5) is 31.6. The van der Waals surface area contributed by atoms with Crippen molar-refractivity contribution < 1.29 is 14.7 Å². The molecule has 1 aliphatic carbocycles. The Labute approximate surface area is 164 Å². The zero-order valence-corrected chi connectivity index (χ0v) is 16.1. The van der Waals surface area contributed by atoms with Crippen molar-refractivity contribution >= 4 is 11.8 Å². The van der Waals surface area contributed by atoms with E-state index in [4.69, 9.17) is 0 Å². The number of nitrogens with one attached hydrogen (secondary N) is 1. The molecule has 1 saturated carbocycles. The third-order valence-electron chi connectivity index (χ3n) is 5.70. The predicted molar refractivity (Wildman–Crippen MR) is 104 cm³/mol. The maximum absolute atomic E-state index is 12.9. The number of carbonyl (C=O) groups excluding carboxylic acids is 2. The zero-order chi connectivity index (χ0) is 19.7. The number of hydrogen-bond donors (Lipinski definition) is 2. The molecule has 1 aromatic carbocycles. The number of rotatable bonds is 4. The molecule has 7 nitrogen and oxygen atoms in total. The summed E-state index contributed by atoms with van der Waals surface area (Å²) in [5, 5.41) is 12.7. The lowest BCUT2D eigenvalue weighted by molar-refractivity contribution is -0.121. The number of nitrogens with zero attached hydrogens (tertiary/aromatic N) is 3. The quantitative estimate of drug-likeness (QED) is 0.850. The van der Waals surface area contributed by atoms with Gasteiger partial charge in [0.15, 0.2) is 0 Å². The highest BCUT2D eigenvalue weighted by Crippen LogP contribution is 2.27. The highest BCUT2D eigenvalue weighted by atomic mass is 16.3. The number of aromatic hydroxyl groups is 1. The van der Waals surface area contributed by atoms with Crippen LogP contribution in [0.5, 0.6) is 5.75 Å². The first-order chi connectivity index (χ1) is 13.5. The third-order valence-corrected chi connectivity index (χ3v) is 5.70. The van der Waals surface area contributed by atoms with Gasteiger partial charge in [0, 0.05) is 30.9 Å². The highest BCUT2D eigenvalue weighted by molar-refractivity contribution is 5.94. The van der Waals surface area contributed by atoms with Crippen molar-refractivity contribution in [3.8, 4) is 5.75 Å². The van der Waals surface area contributed by atoms with Crippen LogP contribution < -0.4 is 5.32 Å². The summed E-state index contributed by atoms with van der Waals surface area (Å²) in [6, 6.07) is 6.50. The molecule has 1 atom stereocenters. The summed E-state index contributed by atoms with van der Waals surface area (Å²) in [5.74, 6) is 0.761. The van der Waals surface area contributed by atoms with E-state index in [1.54, 1.807) is 23.1 Å². The molecule has 148 valence electrons. The molecule has 2 aromatic rings. The molecular formula is C21H26N4O3. The van der Waals surface area contributed by atoms with Crippen molar-refractivity contribution in [3.63, 3.8) is 0 Å². The largest absolute Gasteiger partial charge is 0.508 e. The number of amides is 2. The lowest BCUT2D eigenvalue weighted by atomic mass is 10.1. The smallest absolute Gasteiger partial charge is 0.254 e. The minimum atomic E-state index is -0.199. The molecule has 7 heteroatoms. The SMILES string of the molecule is CC1c2nc(CC(=O)NC3CCCC3)cn2CCN1C(=O)c1cccc(O)c1. The summed E-state index contributed by atoms with van der Waals surface area (Å²) < 4.78 is 2.04. The topological polar surface area (TPSA) is 87.5 Å². The Hall–Kier alpha value is -2.83. The van der Waals surface area contributed by atoms with Gasteiger partial charge in [-0.05, 0) is 38.0 Å². The number of fused-ring (bicyclic) bond motifs is 1. The molecule has 28 heavy (non-hydrogen) atoms. The van der Waals surface area contributed by atoms with Gasteiger partial charge >= 0.3 is 0 Å². The Bertz CT molecular complexity index is 886. The maximum Gasteiger partial charge on any atom is 0.254 e. The van der Waals surface area contributed by atoms with Crippen LogP contribution in [0.25, 0.3) is 0 Å². The Balaban J connectivity index is 1.45. The van der Waals surface area contributed by atoms with E-state index >= 15 is 0 Å². The standard InChI is InChI=1S/C21H26N4O3/c1-14-20-23-17(12-19(27)22-16-6-2-3-7-16)13-24(20)9-10-25(14)21(28)15-5-4-8-18(26)11-15/h4-5,8,11,13-14,16,26H,2-3,6-7,9-10,12H2,1H3,(H,22,27). The second-order valence-corrected chi connectivity index (χ2v) is 7.73. The van der Waals surface area contributed by atoms with Crippen LogP contribution >= 0.6 is 0 Å². The third kappa shape index (κ3) is 3.74. The van der Waals surface area contributed by atoms with Gasteiger partial charge in [-0.2, -0.15) is 0 Å². The minimum Gasteiger partial charge on any atom is -0.508 e. The van der Waals surface area contributed by atoms with E-state index in [0.29, 0.717) is 24.7 Å². The van der Waals surface area contributed by atoms with E-state index in [9.17, 15) is 14.7 Å². The molecule has 2 amide bonds. The van der Waals surface area contributed by atoms with E-state index in [2.05, 4.69) is 10.3 Å². The fraction of sp³-hybridized carbons (Fsp3) is 0.476. The lowest BCUT2D eigenvalue weighted by Crippen LogP contribution is -2.41. The lowest BCUT2D eigenvalue weighted by Gasteiger charge is -2.33. The minimum absolute atomic E-state index is 0.0164. The van der Waals surface area contributed by atoms with Gasteiger partial charge in [0.05, 0.1) is 18.2 Å². The van der Waals surface area contributed by atoms with Crippen LogP contribution in [0.1, 0.15) is 60.5 Å². The van der Waals surface area contributed by atoms with E-state index in [0.717, 1.165) is 24.4 Å². The molecule has 1 aliphatic heterocycles. The molecule has 1 fully saturated rings. The predicted octanol–water partition coefficient (Wildman–Crippen LogP) is 2.41. The molecule has 4 rings (SSSR count). The molecule has 1 aromatic heterocycles. The van der Waals surface area contributed by atoms with Crippen LogP contribution in [0.3, 0.4) is 0 Å². The van der Waals surface area contributed by atoms with Crippen LogP contribution in [-0.2, 0) is 17.8 Å². The molecular weight excluding hydrogens is 356 g/mol. The number of phenols is 1. The second kappa shape index (κ2) is 7.66. The number of aromatic nitrogens is 2. The summed E-state index contributed by atoms with van der Waals surface area (Å²) >= 11 is 0. The van der Waals surface area contributed by atoms with Crippen molar-refractivity contribution in [2.45, 2.75) is 57.7 Å². The number of imidazole rings is 1. The van der Waals surface area contributed by atoms with E-state index in [-0.39, 0.29) is 30.0 Å². The first-order valence-corrected chi connectivity index (χ1v) is 9.96. The molecule has 1 unspecified atom stereocenters. The number of carbonyl (C=O) groups is 2. The van der Waals surface area contributed by atoms with Gasteiger partial charge in [-0.3, -0.25) is 9.59 Å². The summed E-state index contributed by atoms with van der Waals surface area (Å²) in [7, 11) is 0. The first-order valence-electron chi connectivity index (χ1n) is 9.96. The zero-order valence-electron chi connectivity index (χ0n) is 16.1. The van der Waals surface area contributed by atoms with Gasteiger partial charge in [0.2, 0.25) is 5.91 Å². The van der Waals surface area contributed by atoms with Gasteiger partial charge < -0.3 is 19.9 Å². The van der Waals surface area contributed by atoms with E-state index < -0.39 is 0 Å². The molecule has 2 N–H and O–H groups in total. The molecule has 0 bridgehead atoms. The first kappa shape index (κ1) is 18.5. The fourth-order valence-corrected chi connectivity index (χ4v) is 4.23. The van der Waals surface area contributed by atoms with E-state index in [1.165, 1.54) is 18.9 Å². The van der Waals surface area contributed by atoms with Crippen LogP contribution in [0.15, 0.2) is 30.5 Å². The average Bonchev–Trinajstić information content (AvgIpc) is 3.31. The molecule has 0 saturated heterocycles. The summed E-state index contributed by atoms with van der Waals surface area (Å²) in [6.07, 6.45) is 6.69. The van der Waals surface area contributed by atoms with Crippen molar-refractivity contribution in [1.29, 1.82) is 0 Å². The Kier molecular flexibility index (Phi) is 5.07. The second-order valence-electron chi connectivity index (χ2n) is 7.73. The Morgan fingerprint density at radius 2 is 2.04 bits per heavy atom. The summed E-state index contributed by atoms with van der Waals surface area (Å²) in [6.45, 7) is 3.15. The summed E-state index contributed by atoms with van der Waals surface area (Å²) in [5.41, 5.74) is 1.20. The normalized spacial score (nSPS) is 19.5. The van der Waals surface area contributed by atoms with Crippen LogP contribution in [-0.4, -0.2) is 44.0 Å². The van der Waals surface area contributed by atoms with Gasteiger partial charge in [-0.25, -0.2) is 4.98 Å². The van der Waals surface area contributed by atoms with Crippen LogP contribution in [0.4, 0.5) is 0 Å². The number of hydrogen-bond acceptors (Lipinski definition) is 4. The molecule has 2 aliphatic rings. The molecule has 2 heterocycles. The van der Waals surface area contributed by atoms with Gasteiger partial charge in [-0.15, -0.1) is 0 Å². The molecule has 0 spiro atoms. The van der Waals surface area contributed by atoms with Crippen molar-refractivity contribution in [2.75, 3.05) is 6.54 Å². The van der Waals surface area contributed by atoms with Gasteiger partial charge in [-0.1, -0.05) is 18.9 Å². The number of benzene rings is 1. The van der Waals surface area contributed by atoms with Crippen LogP contribution in [0.2, 0.25) is 0 Å². The highest BCUT2D eigenvalue weighted by Gasteiger charge is 2.30.